The van der Waals surface area contributed by atoms with Crippen LogP contribution in [0.25, 0.3) is 0 Å². The van der Waals surface area contributed by atoms with Crippen LogP contribution in [0, 0.1) is 0 Å². The highest BCUT2D eigenvalue weighted by atomic mass is 16.5. The minimum atomic E-state index is -0.827. The summed E-state index contributed by atoms with van der Waals surface area (Å²) < 4.78 is 5.07. The Hall–Kier alpha value is -1.10. The smallest absolute Gasteiger partial charge is 0.118 e. The zero-order chi connectivity index (χ0) is 11.7. The third kappa shape index (κ3) is 1.91. The van der Waals surface area contributed by atoms with Crippen molar-refractivity contribution in [3.8, 4) is 5.75 Å². The molecule has 0 heterocycles. The van der Waals surface area contributed by atoms with Crippen molar-refractivity contribution in [1.82, 2.24) is 0 Å². The van der Waals surface area contributed by atoms with E-state index in [0.29, 0.717) is 6.42 Å². The maximum absolute atomic E-state index is 9.60. The molecule has 0 saturated heterocycles. The standard InChI is InChI=1S/C12H17NO3/c1-16-8-4-2-7(3-5-8)9-6-10(14)12(15)11(9)13/h2-5,9-12,14-15H,6,13H2,1H3/t9-,10+,11+,12+/m0/s1. The second kappa shape index (κ2) is 4.41. The molecule has 4 atom stereocenters. The maximum atomic E-state index is 9.60. The number of hydrogen-bond donors (Lipinski definition) is 3. The highest BCUT2D eigenvalue weighted by molar-refractivity contribution is 5.31. The van der Waals surface area contributed by atoms with E-state index in [2.05, 4.69) is 0 Å². The lowest BCUT2D eigenvalue weighted by molar-refractivity contribution is 0.0363. The summed E-state index contributed by atoms with van der Waals surface area (Å²) in [5.41, 5.74) is 6.91. The number of aliphatic hydroxyl groups is 2. The lowest BCUT2D eigenvalue weighted by Crippen LogP contribution is -2.37. The molecular formula is C12H17NO3. The van der Waals surface area contributed by atoms with E-state index in [9.17, 15) is 10.2 Å². The molecule has 0 amide bonds. The van der Waals surface area contributed by atoms with Gasteiger partial charge < -0.3 is 20.7 Å². The van der Waals surface area contributed by atoms with Gasteiger partial charge in [-0.3, -0.25) is 0 Å². The van der Waals surface area contributed by atoms with Crippen LogP contribution in [0.3, 0.4) is 0 Å². The Kier molecular flexibility index (Phi) is 3.14. The lowest BCUT2D eigenvalue weighted by Gasteiger charge is -2.17. The second-order valence-corrected chi connectivity index (χ2v) is 4.25. The van der Waals surface area contributed by atoms with Crippen LogP contribution in [0.2, 0.25) is 0 Å². The van der Waals surface area contributed by atoms with E-state index in [4.69, 9.17) is 10.5 Å². The fourth-order valence-corrected chi connectivity index (χ4v) is 2.26. The molecule has 0 bridgehead atoms. The summed E-state index contributed by atoms with van der Waals surface area (Å²) in [6.45, 7) is 0. The number of nitrogens with two attached hydrogens (primary N) is 1. The minimum Gasteiger partial charge on any atom is -0.497 e. The number of methoxy groups -OCH3 is 1. The van der Waals surface area contributed by atoms with Crippen LogP contribution in [-0.2, 0) is 0 Å². The molecule has 4 nitrogen and oxygen atoms in total. The van der Waals surface area contributed by atoms with Crippen LogP contribution in [0.5, 0.6) is 5.75 Å². The average Bonchev–Trinajstić information content (AvgIpc) is 2.57. The molecule has 1 fully saturated rings. The number of aliphatic hydroxyl groups excluding tert-OH is 2. The normalized spacial score (nSPS) is 34.0. The van der Waals surface area contributed by atoms with Gasteiger partial charge in [-0.25, -0.2) is 0 Å². The van der Waals surface area contributed by atoms with Crippen molar-refractivity contribution in [1.29, 1.82) is 0 Å². The molecule has 4 heteroatoms. The predicted octanol–water partition coefficient (Wildman–Crippen LogP) is 0.232. The first-order chi connectivity index (χ1) is 7.63. The van der Waals surface area contributed by atoms with Gasteiger partial charge in [0.25, 0.3) is 0 Å². The van der Waals surface area contributed by atoms with Crippen LogP contribution in [0.1, 0.15) is 17.9 Å². The van der Waals surface area contributed by atoms with E-state index in [1.165, 1.54) is 0 Å². The summed E-state index contributed by atoms with van der Waals surface area (Å²) in [6.07, 6.45) is -1.04. The van der Waals surface area contributed by atoms with E-state index in [-0.39, 0.29) is 5.92 Å². The summed E-state index contributed by atoms with van der Waals surface area (Å²) in [7, 11) is 1.61. The number of hydrogen-bond acceptors (Lipinski definition) is 4. The molecule has 88 valence electrons. The first kappa shape index (κ1) is 11.4. The average molecular weight is 223 g/mol. The van der Waals surface area contributed by atoms with Gasteiger partial charge in [0.15, 0.2) is 0 Å². The molecule has 1 aliphatic rings. The first-order valence-electron chi connectivity index (χ1n) is 5.39. The van der Waals surface area contributed by atoms with Crippen molar-refractivity contribution in [2.24, 2.45) is 5.73 Å². The SMILES string of the molecule is COc1ccc([C@@H]2C[C@@H](O)[C@@H](O)[C@@H]2N)cc1. The Balaban J connectivity index is 2.18. The van der Waals surface area contributed by atoms with Crippen LogP contribution >= 0.6 is 0 Å². The Morgan fingerprint density at radius 3 is 2.31 bits per heavy atom. The molecule has 0 radical (unpaired) electrons. The van der Waals surface area contributed by atoms with Crippen molar-refractivity contribution >= 4 is 0 Å². The Morgan fingerprint density at radius 1 is 1.25 bits per heavy atom. The first-order valence-corrected chi connectivity index (χ1v) is 5.39. The van der Waals surface area contributed by atoms with Crippen molar-refractivity contribution in [3.05, 3.63) is 29.8 Å². The van der Waals surface area contributed by atoms with Gasteiger partial charge in [-0.1, -0.05) is 12.1 Å². The van der Waals surface area contributed by atoms with E-state index < -0.39 is 18.2 Å². The molecule has 1 aliphatic carbocycles. The molecular weight excluding hydrogens is 206 g/mol. The van der Waals surface area contributed by atoms with Crippen LogP contribution < -0.4 is 10.5 Å². The molecule has 0 aliphatic heterocycles. The van der Waals surface area contributed by atoms with Gasteiger partial charge in [0.05, 0.1) is 19.3 Å². The largest absolute Gasteiger partial charge is 0.497 e. The van der Waals surface area contributed by atoms with Gasteiger partial charge in [0, 0.05) is 12.0 Å². The maximum Gasteiger partial charge on any atom is 0.118 e. The summed E-state index contributed by atoms with van der Waals surface area (Å²) >= 11 is 0. The van der Waals surface area contributed by atoms with Gasteiger partial charge in [-0.05, 0) is 24.1 Å². The zero-order valence-electron chi connectivity index (χ0n) is 9.21. The quantitative estimate of drug-likeness (QED) is 0.671. The van der Waals surface area contributed by atoms with E-state index in [1.54, 1.807) is 7.11 Å². The van der Waals surface area contributed by atoms with Crippen LogP contribution in [0.4, 0.5) is 0 Å². The highest BCUT2D eigenvalue weighted by Crippen LogP contribution is 2.34. The third-order valence-corrected chi connectivity index (χ3v) is 3.29. The van der Waals surface area contributed by atoms with Gasteiger partial charge in [0.2, 0.25) is 0 Å². The Bertz CT molecular complexity index is 352. The summed E-state index contributed by atoms with van der Waals surface area (Å²) in [6, 6.07) is 7.17. The van der Waals surface area contributed by atoms with E-state index in [0.717, 1.165) is 11.3 Å². The van der Waals surface area contributed by atoms with Crippen molar-refractivity contribution in [2.45, 2.75) is 30.6 Å². The fourth-order valence-electron chi connectivity index (χ4n) is 2.26. The molecule has 16 heavy (non-hydrogen) atoms. The second-order valence-electron chi connectivity index (χ2n) is 4.25. The van der Waals surface area contributed by atoms with E-state index >= 15 is 0 Å². The minimum absolute atomic E-state index is 0.0101. The topological polar surface area (TPSA) is 75.7 Å². The lowest BCUT2D eigenvalue weighted by atomic mass is 9.94. The molecule has 4 N–H and O–H groups in total. The predicted molar refractivity (Wildman–Crippen MR) is 60.3 cm³/mol. The van der Waals surface area contributed by atoms with Gasteiger partial charge in [-0.15, -0.1) is 0 Å². The molecule has 1 aromatic carbocycles. The molecule has 0 aromatic heterocycles. The highest BCUT2D eigenvalue weighted by Gasteiger charge is 2.39. The molecule has 1 saturated carbocycles. The summed E-state index contributed by atoms with van der Waals surface area (Å²) in [4.78, 5) is 0. The van der Waals surface area contributed by atoms with Crippen molar-refractivity contribution < 1.29 is 14.9 Å². The summed E-state index contributed by atoms with van der Waals surface area (Å²) in [5, 5.41) is 19.1. The molecule has 0 spiro atoms. The summed E-state index contributed by atoms with van der Waals surface area (Å²) in [5.74, 6) is 0.798. The van der Waals surface area contributed by atoms with Crippen molar-refractivity contribution in [3.63, 3.8) is 0 Å². The monoisotopic (exact) mass is 223 g/mol. The Morgan fingerprint density at radius 2 is 1.88 bits per heavy atom. The number of rotatable bonds is 2. The molecule has 2 rings (SSSR count). The number of benzene rings is 1. The van der Waals surface area contributed by atoms with Gasteiger partial charge >= 0.3 is 0 Å². The van der Waals surface area contributed by atoms with Crippen LogP contribution in [0.15, 0.2) is 24.3 Å². The van der Waals surface area contributed by atoms with Gasteiger partial charge in [-0.2, -0.15) is 0 Å². The third-order valence-electron chi connectivity index (χ3n) is 3.29. The van der Waals surface area contributed by atoms with E-state index in [1.807, 2.05) is 24.3 Å². The van der Waals surface area contributed by atoms with Crippen molar-refractivity contribution in [2.75, 3.05) is 7.11 Å². The Labute approximate surface area is 94.7 Å². The molecule has 0 unspecified atom stereocenters. The molecule has 1 aromatic rings. The fraction of sp³-hybridized carbons (Fsp3) is 0.500. The number of ether oxygens (including phenoxy) is 1. The zero-order valence-corrected chi connectivity index (χ0v) is 9.21. The van der Waals surface area contributed by atoms with Crippen LogP contribution in [-0.4, -0.2) is 35.6 Å². The van der Waals surface area contributed by atoms with Gasteiger partial charge in [0.1, 0.15) is 5.75 Å².